The number of nitrogens with zero attached hydrogens (tertiary/aromatic N) is 2. The molecule has 74 valence electrons. The fourth-order valence-corrected chi connectivity index (χ4v) is 1.08. The Morgan fingerprint density at radius 1 is 1.54 bits per heavy atom. The highest BCUT2D eigenvalue weighted by atomic mass is 16.4. The molecule has 0 saturated carbocycles. The van der Waals surface area contributed by atoms with Crippen LogP contribution in [0, 0.1) is 11.3 Å². The van der Waals surface area contributed by atoms with Crippen molar-refractivity contribution in [2.75, 3.05) is 19.6 Å². The quantitative estimate of drug-likeness (QED) is 0.601. The lowest BCUT2D eigenvalue weighted by molar-refractivity contribution is -0.138. The summed E-state index contributed by atoms with van der Waals surface area (Å²) in [6.07, 6.45) is 2.31. The lowest BCUT2D eigenvalue weighted by Crippen LogP contribution is -2.30. The molecule has 4 heteroatoms. The molecule has 0 bridgehead atoms. The highest BCUT2D eigenvalue weighted by Gasteiger charge is 2.05. The summed E-state index contributed by atoms with van der Waals surface area (Å²) in [6, 6.07) is 2.07. The molecule has 0 aromatic heterocycles. The Labute approximate surface area is 78.8 Å². The number of hydrogen-bond donors (Lipinski definition) is 1. The van der Waals surface area contributed by atoms with Gasteiger partial charge >= 0.3 is 5.97 Å². The minimum atomic E-state index is -0.790. The predicted molar refractivity (Wildman–Crippen MR) is 49.2 cm³/mol. The smallest absolute Gasteiger partial charge is 0.317 e. The van der Waals surface area contributed by atoms with E-state index in [-0.39, 0.29) is 6.54 Å². The maximum atomic E-state index is 10.4. The largest absolute Gasteiger partial charge is 0.480 e. The molecule has 0 aromatic rings. The first-order chi connectivity index (χ1) is 6.20. The maximum absolute atomic E-state index is 10.4. The van der Waals surface area contributed by atoms with Crippen LogP contribution in [-0.2, 0) is 4.79 Å². The molecule has 0 rings (SSSR count). The van der Waals surface area contributed by atoms with E-state index in [0.717, 1.165) is 25.9 Å². The lowest BCUT2D eigenvalue weighted by Gasteiger charge is -2.16. The van der Waals surface area contributed by atoms with Crippen LogP contribution in [0.5, 0.6) is 0 Å². The van der Waals surface area contributed by atoms with E-state index >= 15 is 0 Å². The molecule has 0 spiro atoms. The number of rotatable bonds is 7. The first kappa shape index (κ1) is 11.9. The zero-order chi connectivity index (χ0) is 10.1. The second kappa shape index (κ2) is 7.56. The van der Waals surface area contributed by atoms with Crippen molar-refractivity contribution in [1.82, 2.24) is 4.90 Å². The lowest BCUT2D eigenvalue weighted by atomic mass is 10.2. The van der Waals surface area contributed by atoms with Gasteiger partial charge in [0, 0.05) is 6.42 Å². The summed E-state index contributed by atoms with van der Waals surface area (Å²) in [5.74, 6) is -0.790. The SMILES string of the molecule is CCN(CCCCC#N)CC(=O)O. The minimum absolute atomic E-state index is 0.100. The van der Waals surface area contributed by atoms with Gasteiger partial charge in [-0.15, -0.1) is 0 Å². The highest BCUT2D eigenvalue weighted by Crippen LogP contribution is 1.97. The van der Waals surface area contributed by atoms with E-state index in [9.17, 15) is 4.79 Å². The van der Waals surface area contributed by atoms with E-state index in [1.165, 1.54) is 0 Å². The number of hydrogen-bond acceptors (Lipinski definition) is 3. The van der Waals surface area contributed by atoms with Crippen molar-refractivity contribution in [3.8, 4) is 6.07 Å². The average molecular weight is 184 g/mol. The standard InChI is InChI=1S/C9H16N2O2/c1-2-11(8-9(12)13)7-5-3-4-6-10/h2-5,7-8H2,1H3,(H,12,13). The van der Waals surface area contributed by atoms with E-state index < -0.39 is 5.97 Å². The van der Waals surface area contributed by atoms with Crippen LogP contribution in [-0.4, -0.2) is 35.6 Å². The maximum Gasteiger partial charge on any atom is 0.317 e. The van der Waals surface area contributed by atoms with Crippen LogP contribution in [0.4, 0.5) is 0 Å². The molecule has 0 aliphatic carbocycles. The molecular weight excluding hydrogens is 168 g/mol. The van der Waals surface area contributed by atoms with Crippen molar-refractivity contribution in [2.24, 2.45) is 0 Å². The number of carbonyl (C=O) groups is 1. The van der Waals surface area contributed by atoms with Crippen LogP contribution < -0.4 is 0 Å². The van der Waals surface area contributed by atoms with E-state index in [0.29, 0.717) is 6.42 Å². The van der Waals surface area contributed by atoms with Gasteiger partial charge in [0.25, 0.3) is 0 Å². The number of likely N-dealkylation sites (N-methyl/N-ethyl adjacent to an activating group) is 1. The van der Waals surface area contributed by atoms with Gasteiger partial charge in [0.1, 0.15) is 0 Å². The monoisotopic (exact) mass is 184 g/mol. The topological polar surface area (TPSA) is 64.3 Å². The summed E-state index contributed by atoms with van der Waals surface area (Å²) in [6.45, 7) is 3.56. The van der Waals surface area contributed by atoms with Gasteiger partial charge in [0.2, 0.25) is 0 Å². The van der Waals surface area contributed by atoms with Gasteiger partial charge in [-0.2, -0.15) is 5.26 Å². The Morgan fingerprint density at radius 2 is 2.23 bits per heavy atom. The summed E-state index contributed by atoms with van der Waals surface area (Å²) in [5, 5.41) is 16.8. The zero-order valence-corrected chi connectivity index (χ0v) is 7.99. The zero-order valence-electron chi connectivity index (χ0n) is 7.99. The molecule has 0 heterocycles. The Morgan fingerprint density at radius 3 is 2.69 bits per heavy atom. The van der Waals surface area contributed by atoms with Crippen molar-refractivity contribution in [2.45, 2.75) is 26.2 Å². The van der Waals surface area contributed by atoms with E-state index in [4.69, 9.17) is 10.4 Å². The molecule has 0 radical (unpaired) electrons. The molecule has 0 amide bonds. The normalized spacial score (nSPS) is 9.92. The number of carboxylic acid groups (broad SMARTS) is 1. The summed E-state index contributed by atoms with van der Waals surface area (Å²) in [7, 11) is 0. The van der Waals surface area contributed by atoms with Gasteiger partial charge in [-0.05, 0) is 25.9 Å². The second-order valence-electron chi connectivity index (χ2n) is 2.88. The van der Waals surface area contributed by atoms with Crippen molar-refractivity contribution < 1.29 is 9.90 Å². The van der Waals surface area contributed by atoms with Crippen LogP contribution in [0.3, 0.4) is 0 Å². The molecule has 0 aliphatic heterocycles. The van der Waals surface area contributed by atoms with Gasteiger partial charge in [0.15, 0.2) is 0 Å². The summed E-state index contributed by atoms with van der Waals surface area (Å²) < 4.78 is 0. The third kappa shape index (κ3) is 7.29. The molecule has 13 heavy (non-hydrogen) atoms. The molecule has 0 atom stereocenters. The highest BCUT2D eigenvalue weighted by molar-refractivity contribution is 5.69. The molecule has 0 saturated heterocycles. The van der Waals surface area contributed by atoms with Crippen LogP contribution in [0.15, 0.2) is 0 Å². The van der Waals surface area contributed by atoms with Gasteiger partial charge in [-0.25, -0.2) is 0 Å². The summed E-state index contributed by atoms with van der Waals surface area (Å²) in [4.78, 5) is 12.2. The Hall–Kier alpha value is -1.08. The molecule has 0 fully saturated rings. The predicted octanol–water partition coefficient (Wildman–Crippen LogP) is 1.09. The van der Waals surface area contributed by atoms with Crippen molar-refractivity contribution in [1.29, 1.82) is 5.26 Å². The van der Waals surface area contributed by atoms with Crippen molar-refractivity contribution in [3.05, 3.63) is 0 Å². The Bertz CT molecular complexity index is 187. The van der Waals surface area contributed by atoms with Crippen LogP contribution >= 0.6 is 0 Å². The fourth-order valence-electron chi connectivity index (χ4n) is 1.08. The minimum Gasteiger partial charge on any atom is -0.480 e. The Balaban J connectivity index is 3.49. The first-order valence-corrected chi connectivity index (χ1v) is 4.51. The first-order valence-electron chi connectivity index (χ1n) is 4.51. The molecule has 1 N–H and O–H groups in total. The second-order valence-corrected chi connectivity index (χ2v) is 2.88. The number of carboxylic acids is 1. The number of aliphatic carboxylic acids is 1. The van der Waals surface area contributed by atoms with Crippen molar-refractivity contribution >= 4 is 5.97 Å². The van der Waals surface area contributed by atoms with E-state index in [1.807, 2.05) is 11.8 Å². The Kier molecular flexibility index (Phi) is 6.93. The van der Waals surface area contributed by atoms with Crippen LogP contribution in [0.25, 0.3) is 0 Å². The molecule has 0 unspecified atom stereocenters. The molecular formula is C9H16N2O2. The van der Waals surface area contributed by atoms with Gasteiger partial charge in [-0.3, -0.25) is 9.69 Å². The number of unbranched alkanes of at least 4 members (excludes halogenated alkanes) is 2. The number of nitriles is 1. The fraction of sp³-hybridized carbons (Fsp3) is 0.778. The van der Waals surface area contributed by atoms with Crippen LogP contribution in [0.2, 0.25) is 0 Å². The summed E-state index contributed by atoms with van der Waals surface area (Å²) >= 11 is 0. The van der Waals surface area contributed by atoms with Gasteiger partial charge in [0.05, 0.1) is 12.6 Å². The van der Waals surface area contributed by atoms with Crippen molar-refractivity contribution in [3.63, 3.8) is 0 Å². The third-order valence-corrected chi connectivity index (χ3v) is 1.82. The third-order valence-electron chi connectivity index (χ3n) is 1.82. The molecule has 0 aromatic carbocycles. The van der Waals surface area contributed by atoms with Crippen LogP contribution in [0.1, 0.15) is 26.2 Å². The van der Waals surface area contributed by atoms with E-state index in [1.54, 1.807) is 0 Å². The molecule has 0 aliphatic rings. The van der Waals surface area contributed by atoms with Gasteiger partial charge < -0.3 is 5.11 Å². The van der Waals surface area contributed by atoms with E-state index in [2.05, 4.69) is 6.07 Å². The van der Waals surface area contributed by atoms with Gasteiger partial charge in [-0.1, -0.05) is 6.92 Å². The molecule has 4 nitrogen and oxygen atoms in total. The summed E-state index contributed by atoms with van der Waals surface area (Å²) in [5.41, 5.74) is 0. The average Bonchev–Trinajstić information content (AvgIpc) is 2.09.